The molecule has 2 aromatic heterocycles. The van der Waals surface area contributed by atoms with Crippen LogP contribution in [0, 0.1) is 5.92 Å². The van der Waals surface area contributed by atoms with Crippen LogP contribution in [-0.2, 0) is 24.1 Å². The molecule has 0 radical (unpaired) electrons. The Bertz CT molecular complexity index is 909. The third-order valence-electron chi connectivity index (χ3n) is 5.72. The Kier molecular flexibility index (Phi) is 3.78. The maximum atomic E-state index is 5.52. The molecule has 0 spiro atoms. The molecule has 5 rings (SSSR count). The van der Waals surface area contributed by atoms with Gasteiger partial charge in [-0.3, -0.25) is 0 Å². The van der Waals surface area contributed by atoms with Crippen LogP contribution >= 0.6 is 0 Å². The second-order valence-corrected chi connectivity index (χ2v) is 7.32. The van der Waals surface area contributed by atoms with Gasteiger partial charge in [0.15, 0.2) is 0 Å². The molecule has 0 N–H and O–H groups in total. The third-order valence-corrected chi connectivity index (χ3v) is 5.72. The van der Waals surface area contributed by atoms with Crippen LogP contribution in [-0.4, -0.2) is 27.7 Å². The monoisotopic (exact) mass is 333 g/mol. The standard InChI is InChI=1S/C21H23N3O/c1-3-16-4-2-9-24-12-19(18(5-1)21(16)24)20-17(11-22-14-23-20)7-6-15-8-10-25-13-15/h1,3,5,11-12,14-15H,2,4,6-10,13H2. The first-order chi connectivity index (χ1) is 12.4. The maximum Gasteiger partial charge on any atom is 0.116 e. The fraction of sp³-hybridized carbons (Fsp3) is 0.429. The van der Waals surface area contributed by atoms with E-state index in [9.17, 15) is 0 Å². The van der Waals surface area contributed by atoms with E-state index in [1.807, 2.05) is 6.20 Å². The van der Waals surface area contributed by atoms with Gasteiger partial charge in [-0.2, -0.15) is 0 Å². The summed E-state index contributed by atoms with van der Waals surface area (Å²) in [6.45, 7) is 2.93. The molecule has 1 aromatic carbocycles. The average molecular weight is 333 g/mol. The molecule has 4 heteroatoms. The number of benzene rings is 1. The summed E-state index contributed by atoms with van der Waals surface area (Å²) in [7, 11) is 0. The first-order valence-electron chi connectivity index (χ1n) is 9.38. The largest absolute Gasteiger partial charge is 0.381 e. The van der Waals surface area contributed by atoms with E-state index >= 15 is 0 Å². The minimum absolute atomic E-state index is 0.683. The second-order valence-electron chi connectivity index (χ2n) is 7.32. The quantitative estimate of drug-likeness (QED) is 0.724. The Balaban J connectivity index is 1.55. The molecule has 1 unspecified atom stereocenters. The van der Waals surface area contributed by atoms with Crippen LogP contribution in [0.2, 0.25) is 0 Å². The summed E-state index contributed by atoms with van der Waals surface area (Å²) in [5.74, 6) is 0.683. The summed E-state index contributed by atoms with van der Waals surface area (Å²) >= 11 is 0. The molecule has 25 heavy (non-hydrogen) atoms. The lowest BCUT2D eigenvalue weighted by atomic mass is 9.96. The molecule has 1 saturated heterocycles. The summed E-state index contributed by atoms with van der Waals surface area (Å²) in [6.07, 6.45) is 11.8. The van der Waals surface area contributed by atoms with Gasteiger partial charge < -0.3 is 9.30 Å². The zero-order valence-corrected chi connectivity index (χ0v) is 14.4. The maximum absolute atomic E-state index is 5.52. The Morgan fingerprint density at radius 2 is 2.28 bits per heavy atom. The SMILES string of the molecule is c1cc2c3c(c1)c(-c1ncncc1CCC1CCOC1)cn3CCC2. The highest BCUT2D eigenvalue weighted by Gasteiger charge is 2.20. The van der Waals surface area contributed by atoms with Crippen LogP contribution in [0.4, 0.5) is 0 Å². The van der Waals surface area contributed by atoms with E-state index in [0.717, 1.165) is 38.3 Å². The van der Waals surface area contributed by atoms with Gasteiger partial charge in [0.25, 0.3) is 0 Å². The zero-order valence-electron chi connectivity index (χ0n) is 14.4. The normalized spacial score (nSPS) is 19.6. The van der Waals surface area contributed by atoms with Crippen molar-refractivity contribution in [3.63, 3.8) is 0 Å². The van der Waals surface area contributed by atoms with Crippen molar-refractivity contribution in [2.24, 2.45) is 5.92 Å². The molecule has 0 saturated carbocycles. The van der Waals surface area contributed by atoms with Gasteiger partial charge in [0.1, 0.15) is 6.33 Å². The van der Waals surface area contributed by atoms with E-state index < -0.39 is 0 Å². The number of hydrogen-bond acceptors (Lipinski definition) is 3. The van der Waals surface area contributed by atoms with Crippen molar-refractivity contribution in [1.82, 2.24) is 14.5 Å². The average Bonchev–Trinajstić information content (AvgIpc) is 3.30. The van der Waals surface area contributed by atoms with E-state index in [1.165, 1.54) is 46.9 Å². The Labute approximate surface area is 147 Å². The predicted molar refractivity (Wildman–Crippen MR) is 98.5 cm³/mol. The number of hydrogen-bond donors (Lipinski definition) is 0. The lowest BCUT2D eigenvalue weighted by Gasteiger charge is -2.14. The van der Waals surface area contributed by atoms with Crippen molar-refractivity contribution in [2.45, 2.75) is 38.6 Å². The van der Waals surface area contributed by atoms with Crippen LogP contribution in [0.5, 0.6) is 0 Å². The fourth-order valence-electron chi connectivity index (χ4n) is 4.40. The summed E-state index contributed by atoms with van der Waals surface area (Å²) in [6, 6.07) is 6.70. The van der Waals surface area contributed by atoms with Crippen LogP contribution in [0.3, 0.4) is 0 Å². The molecule has 2 aliphatic rings. The third kappa shape index (κ3) is 2.65. The van der Waals surface area contributed by atoms with Gasteiger partial charge in [-0.05, 0) is 49.1 Å². The lowest BCUT2D eigenvalue weighted by Crippen LogP contribution is -2.05. The lowest BCUT2D eigenvalue weighted by molar-refractivity contribution is 0.184. The summed E-state index contributed by atoms with van der Waals surface area (Å²) < 4.78 is 7.94. The van der Waals surface area contributed by atoms with Crippen LogP contribution in [0.25, 0.3) is 22.2 Å². The molecule has 4 nitrogen and oxygen atoms in total. The van der Waals surface area contributed by atoms with E-state index in [0.29, 0.717) is 5.92 Å². The summed E-state index contributed by atoms with van der Waals surface area (Å²) in [4.78, 5) is 8.99. The van der Waals surface area contributed by atoms with Crippen molar-refractivity contribution in [1.29, 1.82) is 0 Å². The van der Waals surface area contributed by atoms with Gasteiger partial charge >= 0.3 is 0 Å². The minimum atomic E-state index is 0.683. The molecule has 1 fully saturated rings. The summed E-state index contributed by atoms with van der Waals surface area (Å²) in [5, 5.41) is 1.33. The highest BCUT2D eigenvalue weighted by molar-refractivity contribution is 5.97. The molecule has 4 heterocycles. The number of nitrogens with zero attached hydrogens (tertiary/aromatic N) is 3. The molecule has 2 aliphatic heterocycles. The number of aromatic nitrogens is 3. The van der Waals surface area contributed by atoms with Gasteiger partial charge in [-0.25, -0.2) is 9.97 Å². The van der Waals surface area contributed by atoms with Crippen molar-refractivity contribution < 1.29 is 4.74 Å². The number of para-hydroxylation sites is 1. The highest BCUT2D eigenvalue weighted by atomic mass is 16.5. The van der Waals surface area contributed by atoms with Crippen molar-refractivity contribution in [3.8, 4) is 11.3 Å². The smallest absolute Gasteiger partial charge is 0.116 e. The van der Waals surface area contributed by atoms with E-state index in [1.54, 1.807) is 6.33 Å². The Morgan fingerprint density at radius 3 is 3.20 bits per heavy atom. The van der Waals surface area contributed by atoms with Gasteiger partial charge in [-0.1, -0.05) is 18.2 Å². The van der Waals surface area contributed by atoms with Gasteiger partial charge in [0.05, 0.1) is 11.2 Å². The summed E-state index contributed by atoms with van der Waals surface area (Å²) in [5.41, 5.74) is 6.50. The molecule has 0 aliphatic carbocycles. The minimum Gasteiger partial charge on any atom is -0.381 e. The molecule has 3 aromatic rings. The van der Waals surface area contributed by atoms with Crippen molar-refractivity contribution in [2.75, 3.05) is 13.2 Å². The van der Waals surface area contributed by atoms with Crippen LogP contribution in [0.15, 0.2) is 36.9 Å². The zero-order chi connectivity index (χ0) is 16.6. The van der Waals surface area contributed by atoms with E-state index in [2.05, 4.69) is 38.9 Å². The van der Waals surface area contributed by atoms with Crippen molar-refractivity contribution >= 4 is 10.9 Å². The van der Waals surface area contributed by atoms with Gasteiger partial charge in [0.2, 0.25) is 0 Å². The van der Waals surface area contributed by atoms with Gasteiger partial charge in [-0.15, -0.1) is 0 Å². The van der Waals surface area contributed by atoms with Gasteiger partial charge in [0, 0.05) is 43.1 Å². The first-order valence-corrected chi connectivity index (χ1v) is 9.38. The Hall–Kier alpha value is -2.20. The molecule has 128 valence electrons. The molecular weight excluding hydrogens is 310 g/mol. The second kappa shape index (κ2) is 6.26. The van der Waals surface area contributed by atoms with E-state index in [4.69, 9.17) is 4.74 Å². The highest BCUT2D eigenvalue weighted by Crippen LogP contribution is 2.36. The number of aryl methyl sites for hydroxylation is 3. The van der Waals surface area contributed by atoms with Crippen molar-refractivity contribution in [3.05, 3.63) is 48.0 Å². The number of rotatable bonds is 4. The molecule has 0 bridgehead atoms. The Morgan fingerprint density at radius 1 is 1.28 bits per heavy atom. The predicted octanol–water partition coefficient (Wildman–Crippen LogP) is 4.01. The number of ether oxygens (including phenoxy) is 1. The fourth-order valence-corrected chi connectivity index (χ4v) is 4.40. The first kappa shape index (κ1) is 15.1. The van der Waals surface area contributed by atoms with Crippen LogP contribution < -0.4 is 0 Å². The topological polar surface area (TPSA) is 39.9 Å². The van der Waals surface area contributed by atoms with Crippen LogP contribution in [0.1, 0.15) is 30.4 Å². The van der Waals surface area contributed by atoms with E-state index in [-0.39, 0.29) is 0 Å². The molecule has 1 atom stereocenters. The molecule has 0 amide bonds. The molecular formula is C21H23N3O.